The molecule has 0 amide bonds. The van der Waals surface area contributed by atoms with Crippen LogP contribution < -0.4 is 0 Å². The molecule has 1 aromatic rings. The van der Waals surface area contributed by atoms with Gasteiger partial charge in [0.15, 0.2) is 0 Å². The van der Waals surface area contributed by atoms with Crippen LogP contribution in [0.1, 0.15) is 45.2 Å². The van der Waals surface area contributed by atoms with Gasteiger partial charge in [-0.05, 0) is 31.7 Å². The van der Waals surface area contributed by atoms with Gasteiger partial charge in [-0.25, -0.2) is 0 Å². The van der Waals surface area contributed by atoms with Crippen LogP contribution in [-0.4, -0.2) is 14.6 Å². The maximum absolute atomic E-state index is 4.42. The summed E-state index contributed by atoms with van der Waals surface area (Å²) in [5, 5.41) is 4.42. The summed E-state index contributed by atoms with van der Waals surface area (Å²) in [5.74, 6) is 0. The quantitative estimate of drug-likeness (QED) is 0.769. The topological polar surface area (TPSA) is 17.8 Å². The Morgan fingerprint density at radius 2 is 2.47 bits per heavy atom. The third kappa shape index (κ3) is 2.12. The molecule has 1 aliphatic carbocycles. The molecule has 1 saturated carbocycles. The van der Waals surface area contributed by atoms with E-state index in [9.17, 15) is 0 Å². The highest BCUT2D eigenvalue weighted by Crippen LogP contribution is 2.43. The van der Waals surface area contributed by atoms with E-state index in [2.05, 4.69) is 45.6 Å². The van der Waals surface area contributed by atoms with Crippen molar-refractivity contribution >= 4 is 15.9 Å². The van der Waals surface area contributed by atoms with Crippen LogP contribution in [0.25, 0.3) is 0 Å². The van der Waals surface area contributed by atoms with Crippen LogP contribution in [0.15, 0.2) is 12.3 Å². The van der Waals surface area contributed by atoms with Crippen molar-refractivity contribution in [1.82, 2.24) is 9.78 Å². The monoisotopic (exact) mass is 270 g/mol. The summed E-state index contributed by atoms with van der Waals surface area (Å²) in [6, 6.07) is 2.20. The Balaban J connectivity index is 2.24. The fourth-order valence-electron chi connectivity index (χ4n) is 2.64. The van der Waals surface area contributed by atoms with E-state index in [-0.39, 0.29) is 0 Å². The second kappa shape index (κ2) is 4.28. The summed E-state index contributed by atoms with van der Waals surface area (Å²) in [4.78, 5) is 0.687. The largest absolute Gasteiger partial charge is 0.269 e. The van der Waals surface area contributed by atoms with Gasteiger partial charge in [-0.15, -0.1) is 0 Å². The first-order valence-corrected chi connectivity index (χ1v) is 6.73. The molecule has 0 saturated heterocycles. The lowest BCUT2D eigenvalue weighted by Gasteiger charge is -2.24. The molecule has 2 rings (SSSR count). The van der Waals surface area contributed by atoms with Crippen molar-refractivity contribution < 1.29 is 0 Å². The zero-order valence-electron chi connectivity index (χ0n) is 9.54. The van der Waals surface area contributed by atoms with Gasteiger partial charge in [-0.1, -0.05) is 29.8 Å². The molecule has 1 fully saturated rings. The minimum Gasteiger partial charge on any atom is -0.269 e. The van der Waals surface area contributed by atoms with Crippen LogP contribution >= 0.6 is 15.9 Å². The van der Waals surface area contributed by atoms with Gasteiger partial charge in [0.25, 0.3) is 0 Å². The predicted octanol–water partition coefficient (Wildman–Crippen LogP) is 3.50. The van der Waals surface area contributed by atoms with E-state index in [1.807, 2.05) is 6.20 Å². The van der Waals surface area contributed by atoms with Crippen molar-refractivity contribution in [1.29, 1.82) is 0 Å². The van der Waals surface area contributed by atoms with E-state index in [0.717, 1.165) is 13.0 Å². The number of rotatable bonds is 3. The Morgan fingerprint density at radius 3 is 3.07 bits per heavy atom. The highest BCUT2D eigenvalue weighted by molar-refractivity contribution is 9.09. The van der Waals surface area contributed by atoms with E-state index in [4.69, 9.17) is 0 Å². The van der Waals surface area contributed by atoms with Crippen LogP contribution in [0.2, 0.25) is 0 Å². The molecular formula is C12H19BrN2. The first kappa shape index (κ1) is 11.2. The molecule has 0 N–H and O–H groups in total. The molecule has 0 radical (unpaired) electrons. The fourth-order valence-corrected chi connectivity index (χ4v) is 3.58. The Kier molecular flexibility index (Phi) is 3.19. The molecule has 15 heavy (non-hydrogen) atoms. The molecule has 0 aliphatic heterocycles. The van der Waals surface area contributed by atoms with Crippen molar-refractivity contribution in [2.45, 2.75) is 56.3 Å². The van der Waals surface area contributed by atoms with Gasteiger partial charge in [0.1, 0.15) is 0 Å². The van der Waals surface area contributed by atoms with Crippen molar-refractivity contribution in [3.63, 3.8) is 0 Å². The van der Waals surface area contributed by atoms with E-state index < -0.39 is 0 Å². The van der Waals surface area contributed by atoms with Crippen LogP contribution in [0, 0.1) is 0 Å². The highest BCUT2D eigenvalue weighted by Gasteiger charge is 2.37. The van der Waals surface area contributed by atoms with E-state index in [1.54, 1.807) is 0 Å². The van der Waals surface area contributed by atoms with Crippen molar-refractivity contribution in [3.8, 4) is 0 Å². The minimum absolute atomic E-state index is 0.333. The van der Waals surface area contributed by atoms with Crippen molar-refractivity contribution in [3.05, 3.63) is 18.0 Å². The third-order valence-electron chi connectivity index (χ3n) is 3.45. The average Bonchev–Trinajstić information content (AvgIpc) is 2.75. The van der Waals surface area contributed by atoms with Crippen molar-refractivity contribution in [2.75, 3.05) is 0 Å². The first-order valence-electron chi connectivity index (χ1n) is 5.82. The molecule has 0 aromatic carbocycles. The molecule has 2 unspecified atom stereocenters. The smallest absolute Gasteiger partial charge is 0.0492 e. The van der Waals surface area contributed by atoms with Gasteiger partial charge in [0.2, 0.25) is 0 Å². The van der Waals surface area contributed by atoms with Crippen LogP contribution in [0.4, 0.5) is 0 Å². The lowest BCUT2D eigenvalue weighted by Crippen LogP contribution is -2.23. The predicted molar refractivity (Wildman–Crippen MR) is 66.4 cm³/mol. The van der Waals surface area contributed by atoms with Crippen LogP contribution in [0.5, 0.6) is 0 Å². The zero-order valence-corrected chi connectivity index (χ0v) is 11.1. The molecule has 0 spiro atoms. The summed E-state index contributed by atoms with van der Waals surface area (Å²) < 4.78 is 2.19. The van der Waals surface area contributed by atoms with Gasteiger partial charge in [-0.2, -0.15) is 5.10 Å². The maximum Gasteiger partial charge on any atom is 0.0492 e. The molecule has 1 aromatic heterocycles. The molecule has 2 nitrogen and oxygen atoms in total. The molecule has 1 aliphatic rings. The Morgan fingerprint density at radius 1 is 1.67 bits per heavy atom. The van der Waals surface area contributed by atoms with Crippen molar-refractivity contribution in [2.24, 2.45) is 0 Å². The average molecular weight is 271 g/mol. The SMILES string of the molecule is CCCn1nccc1C1(C)CCC(Br)C1. The zero-order chi connectivity index (χ0) is 10.9. The summed E-state index contributed by atoms with van der Waals surface area (Å²) in [7, 11) is 0. The minimum atomic E-state index is 0.333. The number of aryl methyl sites for hydroxylation is 1. The number of aromatic nitrogens is 2. The van der Waals surface area contributed by atoms with E-state index >= 15 is 0 Å². The lowest BCUT2D eigenvalue weighted by molar-refractivity contribution is 0.428. The van der Waals surface area contributed by atoms with E-state index in [0.29, 0.717) is 10.2 Å². The number of hydrogen-bond acceptors (Lipinski definition) is 1. The fraction of sp³-hybridized carbons (Fsp3) is 0.750. The standard InChI is InChI=1S/C12H19BrN2/c1-3-8-15-11(5-7-14-15)12(2)6-4-10(13)9-12/h5,7,10H,3-4,6,8-9H2,1-2H3. The van der Waals surface area contributed by atoms with Gasteiger partial charge < -0.3 is 0 Å². The van der Waals surface area contributed by atoms with Crippen LogP contribution in [-0.2, 0) is 12.0 Å². The molecular weight excluding hydrogens is 252 g/mol. The third-order valence-corrected chi connectivity index (χ3v) is 4.23. The van der Waals surface area contributed by atoms with Gasteiger partial charge >= 0.3 is 0 Å². The van der Waals surface area contributed by atoms with Crippen LogP contribution in [0.3, 0.4) is 0 Å². The maximum atomic E-state index is 4.42. The van der Waals surface area contributed by atoms with Gasteiger partial charge in [0.05, 0.1) is 0 Å². The number of halogens is 1. The second-order valence-corrected chi connectivity index (χ2v) is 6.14. The molecule has 0 bridgehead atoms. The number of hydrogen-bond donors (Lipinski definition) is 0. The normalized spacial score (nSPS) is 31.0. The Hall–Kier alpha value is -0.310. The summed E-state index contributed by atoms with van der Waals surface area (Å²) >= 11 is 3.73. The molecule has 3 heteroatoms. The van der Waals surface area contributed by atoms with Gasteiger partial charge in [0, 0.05) is 28.7 Å². The first-order chi connectivity index (χ1) is 7.15. The second-order valence-electron chi connectivity index (χ2n) is 4.84. The van der Waals surface area contributed by atoms with E-state index in [1.165, 1.54) is 25.0 Å². The molecule has 1 heterocycles. The number of nitrogens with zero attached hydrogens (tertiary/aromatic N) is 2. The Bertz CT molecular complexity index is 334. The number of alkyl halides is 1. The van der Waals surface area contributed by atoms with Gasteiger partial charge in [-0.3, -0.25) is 4.68 Å². The summed E-state index contributed by atoms with van der Waals surface area (Å²) in [5.41, 5.74) is 1.76. The highest BCUT2D eigenvalue weighted by atomic mass is 79.9. The molecule has 2 atom stereocenters. The summed E-state index contributed by atoms with van der Waals surface area (Å²) in [6.07, 6.45) is 6.90. The Labute approximate surface area is 100 Å². The summed E-state index contributed by atoms with van der Waals surface area (Å²) in [6.45, 7) is 5.62. The molecule has 84 valence electrons. The lowest BCUT2D eigenvalue weighted by atomic mass is 9.85.